The van der Waals surface area contributed by atoms with Gasteiger partial charge < -0.3 is 10.9 Å². The Hall–Kier alpha value is -1.55. The summed E-state index contributed by atoms with van der Waals surface area (Å²) in [6, 6.07) is 6.01. The summed E-state index contributed by atoms with van der Waals surface area (Å²) in [7, 11) is 0. The highest BCUT2D eigenvalue weighted by Crippen LogP contribution is 2.34. The van der Waals surface area contributed by atoms with Crippen LogP contribution in [0.4, 0.5) is 0 Å². The van der Waals surface area contributed by atoms with Gasteiger partial charge in [0.1, 0.15) is 0 Å². The minimum absolute atomic E-state index is 0.168. The number of aryl methyl sites for hydroxylation is 1. The molecular weight excluding hydrogens is 262 g/mol. The molecule has 0 amide bonds. The Morgan fingerprint density at radius 2 is 2.05 bits per heavy atom. The van der Waals surface area contributed by atoms with E-state index < -0.39 is 0 Å². The number of amidine groups is 1. The number of oxime groups is 1. The van der Waals surface area contributed by atoms with Gasteiger partial charge in [0.2, 0.25) is 0 Å². The summed E-state index contributed by atoms with van der Waals surface area (Å²) < 4.78 is 0. The molecule has 21 heavy (non-hydrogen) atoms. The molecule has 0 radical (unpaired) electrons. The van der Waals surface area contributed by atoms with Crippen LogP contribution in [0.25, 0.3) is 0 Å². The van der Waals surface area contributed by atoms with Crippen LogP contribution in [0.5, 0.6) is 0 Å². The molecule has 0 aromatic heterocycles. The van der Waals surface area contributed by atoms with E-state index in [2.05, 4.69) is 36.9 Å². The summed E-state index contributed by atoms with van der Waals surface area (Å²) in [5.74, 6) is 0.168. The highest BCUT2D eigenvalue weighted by atomic mass is 16.4. The molecule has 0 bridgehead atoms. The molecule has 2 rings (SSSR count). The average Bonchev–Trinajstić information content (AvgIpc) is 2.50. The van der Waals surface area contributed by atoms with Gasteiger partial charge in [0, 0.05) is 12.1 Å². The predicted octanol–water partition coefficient (Wildman–Crippen LogP) is 3.10. The Morgan fingerprint density at radius 1 is 1.38 bits per heavy atom. The summed E-state index contributed by atoms with van der Waals surface area (Å²) in [6.07, 6.45) is 3.84. The second-order valence-corrected chi connectivity index (χ2v) is 6.57. The van der Waals surface area contributed by atoms with Gasteiger partial charge in [-0.2, -0.15) is 0 Å². The van der Waals surface area contributed by atoms with Gasteiger partial charge in [-0.3, -0.25) is 4.90 Å². The first-order chi connectivity index (χ1) is 9.97. The van der Waals surface area contributed by atoms with E-state index in [0.29, 0.717) is 5.41 Å². The molecule has 1 aromatic carbocycles. The third-order valence-corrected chi connectivity index (χ3v) is 5.06. The third kappa shape index (κ3) is 3.76. The summed E-state index contributed by atoms with van der Waals surface area (Å²) in [6.45, 7) is 10.1. The molecule has 1 aliphatic rings. The Bertz CT molecular complexity index is 517. The lowest BCUT2D eigenvalue weighted by molar-refractivity contribution is 0.109. The van der Waals surface area contributed by atoms with Gasteiger partial charge in [-0.05, 0) is 55.5 Å². The maximum atomic E-state index is 8.74. The van der Waals surface area contributed by atoms with Crippen LogP contribution in [-0.4, -0.2) is 29.0 Å². The van der Waals surface area contributed by atoms with Crippen molar-refractivity contribution in [1.29, 1.82) is 0 Å². The van der Waals surface area contributed by atoms with Crippen LogP contribution in [0.3, 0.4) is 0 Å². The van der Waals surface area contributed by atoms with Crippen molar-refractivity contribution < 1.29 is 5.21 Å². The molecule has 1 fully saturated rings. The Kier molecular flexibility index (Phi) is 4.88. The lowest BCUT2D eigenvalue weighted by Crippen LogP contribution is -2.38. The molecule has 1 heterocycles. The van der Waals surface area contributed by atoms with Crippen molar-refractivity contribution in [1.82, 2.24) is 4.90 Å². The normalized spacial score (nSPS) is 19.7. The number of hydrogen-bond acceptors (Lipinski definition) is 3. The van der Waals surface area contributed by atoms with Crippen LogP contribution in [0.1, 0.15) is 49.8 Å². The summed E-state index contributed by atoms with van der Waals surface area (Å²) in [5, 5.41) is 11.8. The first-order valence-corrected chi connectivity index (χ1v) is 7.77. The van der Waals surface area contributed by atoms with Gasteiger partial charge in [-0.25, -0.2) is 0 Å². The maximum Gasteiger partial charge on any atom is 0.170 e. The van der Waals surface area contributed by atoms with E-state index in [1.807, 2.05) is 12.1 Å². The minimum atomic E-state index is 0.168. The van der Waals surface area contributed by atoms with Crippen molar-refractivity contribution in [3.05, 3.63) is 34.9 Å². The van der Waals surface area contributed by atoms with Crippen LogP contribution in [0.15, 0.2) is 23.4 Å². The van der Waals surface area contributed by atoms with Gasteiger partial charge in [-0.15, -0.1) is 0 Å². The van der Waals surface area contributed by atoms with Crippen molar-refractivity contribution in [2.45, 2.75) is 46.6 Å². The van der Waals surface area contributed by atoms with Gasteiger partial charge >= 0.3 is 0 Å². The molecule has 3 N–H and O–H groups in total. The SMILES string of the molecule is CCC1(C)CCN(Cc2ccc(/C(N)=N/O)cc2C)CC1. The molecule has 0 spiro atoms. The smallest absolute Gasteiger partial charge is 0.170 e. The van der Waals surface area contributed by atoms with Gasteiger partial charge in [0.15, 0.2) is 5.84 Å². The summed E-state index contributed by atoms with van der Waals surface area (Å²) in [5.41, 5.74) is 9.46. The van der Waals surface area contributed by atoms with Gasteiger partial charge in [0.25, 0.3) is 0 Å². The third-order valence-electron chi connectivity index (χ3n) is 5.06. The monoisotopic (exact) mass is 289 g/mol. The zero-order chi connectivity index (χ0) is 15.5. The average molecular weight is 289 g/mol. The van der Waals surface area contributed by atoms with Crippen LogP contribution >= 0.6 is 0 Å². The first kappa shape index (κ1) is 15.8. The van der Waals surface area contributed by atoms with Crippen molar-refractivity contribution >= 4 is 5.84 Å². The largest absolute Gasteiger partial charge is 0.409 e. The molecule has 1 aromatic rings. The Balaban J connectivity index is 2.01. The fourth-order valence-electron chi connectivity index (χ4n) is 2.94. The summed E-state index contributed by atoms with van der Waals surface area (Å²) in [4.78, 5) is 2.53. The van der Waals surface area contributed by atoms with E-state index in [-0.39, 0.29) is 5.84 Å². The number of piperidine rings is 1. The number of likely N-dealkylation sites (tertiary alicyclic amines) is 1. The molecule has 0 atom stereocenters. The molecular formula is C17H27N3O. The van der Waals surface area contributed by atoms with Crippen molar-refractivity contribution in [2.24, 2.45) is 16.3 Å². The van der Waals surface area contributed by atoms with Gasteiger partial charge in [-0.1, -0.05) is 37.6 Å². The van der Waals surface area contributed by atoms with E-state index in [0.717, 1.165) is 12.1 Å². The van der Waals surface area contributed by atoms with Gasteiger partial charge in [0.05, 0.1) is 0 Å². The molecule has 4 heteroatoms. The molecule has 116 valence electrons. The fourth-order valence-corrected chi connectivity index (χ4v) is 2.94. The number of benzene rings is 1. The van der Waals surface area contributed by atoms with Crippen LogP contribution in [0.2, 0.25) is 0 Å². The minimum Gasteiger partial charge on any atom is -0.409 e. The molecule has 4 nitrogen and oxygen atoms in total. The quantitative estimate of drug-likeness (QED) is 0.387. The van der Waals surface area contributed by atoms with Crippen LogP contribution in [-0.2, 0) is 6.54 Å². The Morgan fingerprint density at radius 3 is 2.57 bits per heavy atom. The number of hydrogen-bond donors (Lipinski definition) is 2. The zero-order valence-electron chi connectivity index (χ0n) is 13.4. The number of nitrogens with two attached hydrogens (primary N) is 1. The second kappa shape index (κ2) is 6.48. The molecule has 0 saturated carbocycles. The fraction of sp³-hybridized carbons (Fsp3) is 0.588. The standard InChI is InChI=1S/C17H27N3O/c1-4-17(3)7-9-20(10-8-17)12-15-6-5-14(11-13(15)2)16(18)19-21/h5-6,11,21H,4,7-10,12H2,1-3H3,(H2,18,19). The number of nitrogens with zero attached hydrogens (tertiary/aromatic N) is 2. The molecule has 1 saturated heterocycles. The highest BCUT2D eigenvalue weighted by Gasteiger charge is 2.28. The maximum absolute atomic E-state index is 8.74. The molecule has 0 unspecified atom stereocenters. The van der Waals surface area contributed by atoms with Crippen molar-refractivity contribution in [3.8, 4) is 0 Å². The van der Waals surface area contributed by atoms with Crippen molar-refractivity contribution in [3.63, 3.8) is 0 Å². The van der Waals surface area contributed by atoms with E-state index >= 15 is 0 Å². The van der Waals surface area contributed by atoms with Crippen LogP contribution in [0, 0.1) is 12.3 Å². The lowest BCUT2D eigenvalue weighted by Gasteiger charge is -2.39. The van der Waals surface area contributed by atoms with E-state index in [9.17, 15) is 0 Å². The summed E-state index contributed by atoms with van der Waals surface area (Å²) >= 11 is 0. The lowest BCUT2D eigenvalue weighted by atomic mass is 9.78. The van der Waals surface area contributed by atoms with E-state index in [1.165, 1.54) is 43.5 Å². The topological polar surface area (TPSA) is 61.8 Å². The molecule has 0 aliphatic carbocycles. The Labute approximate surface area is 127 Å². The molecule has 1 aliphatic heterocycles. The predicted molar refractivity (Wildman–Crippen MR) is 86.6 cm³/mol. The van der Waals surface area contributed by atoms with Crippen molar-refractivity contribution in [2.75, 3.05) is 13.1 Å². The highest BCUT2D eigenvalue weighted by molar-refractivity contribution is 5.97. The van der Waals surface area contributed by atoms with Crippen LogP contribution < -0.4 is 5.73 Å². The second-order valence-electron chi connectivity index (χ2n) is 6.57. The first-order valence-electron chi connectivity index (χ1n) is 7.77. The van der Waals surface area contributed by atoms with E-state index in [4.69, 9.17) is 10.9 Å². The zero-order valence-corrected chi connectivity index (χ0v) is 13.4. The number of rotatable bonds is 4. The van der Waals surface area contributed by atoms with E-state index in [1.54, 1.807) is 0 Å².